The average Bonchev–Trinajstić information content (AvgIpc) is 3.01. The Kier molecular flexibility index (Phi) is 4.79. The number of aromatic carboxylic acids is 1. The Morgan fingerprint density at radius 2 is 1.64 bits per heavy atom. The Morgan fingerprint density at radius 3 is 2.20 bits per heavy atom. The van der Waals surface area contributed by atoms with Gasteiger partial charge in [-0.15, -0.1) is 0 Å². The zero-order chi connectivity index (χ0) is 17.8. The van der Waals surface area contributed by atoms with Crippen LogP contribution in [0, 0.1) is 0 Å². The van der Waals surface area contributed by atoms with Crippen LogP contribution in [0.3, 0.4) is 0 Å². The first-order chi connectivity index (χ1) is 12.0. The van der Waals surface area contributed by atoms with E-state index >= 15 is 0 Å². The molecule has 0 spiro atoms. The highest BCUT2D eigenvalue weighted by molar-refractivity contribution is 6.04. The molecular weight excluding hydrogens is 320 g/mol. The number of hydrogen-bond donors (Lipinski definition) is 2. The van der Waals surface area contributed by atoms with Crippen molar-refractivity contribution in [3.63, 3.8) is 0 Å². The van der Waals surface area contributed by atoms with Crippen molar-refractivity contribution in [1.82, 2.24) is 4.90 Å². The molecule has 1 aliphatic rings. The molecule has 2 N–H and O–H groups in total. The lowest BCUT2D eigenvalue weighted by Crippen LogP contribution is -2.23. The lowest BCUT2D eigenvalue weighted by atomic mass is 10.1. The van der Waals surface area contributed by atoms with E-state index in [0.29, 0.717) is 24.2 Å². The van der Waals surface area contributed by atoms with Gasteiger partial charge in [0.15, 0.2) is 0 Å². The Labute approximate surface area is 145 Å². The molecule has 6 heteroatoms. The molecule has 1 aliphatic heterocycles. The summed E-state index contributed by atoms with van der Waals surface area (Å²) in [7, 11) is 0. The van der Waals surface area contributed by atoms with Crippen LogP contribution >= 0.6 is 0 Å². The first-order valence-electron chi connectivity index (χ1n) is 8.04. The summed E-state index contributed by atoms with van der Waals surface area (Å²) in [6.07, 6.45) is 1.52. The summed E-state index contributed by atoms with van der Waals surface area (Å²) in [6, 6.07) is 13.1. The van der Waals surface area contributed by atoms with Crippen molar-refractivity contribution in [2.45, 2.75) is 19.4 Å². The summed E-state index contributed by atoms with van der Waals surface area (Å²) in [5.74, 6) is -1.11. The number of rotatable bonds is 5. The van der Waals surface area contributed by atoms with Gasteiger partial charge in [0.2, 0.25) is 5.91 Å². The molecule has 0 saturated carbocycles. The van der Waals surface area contributed by atoms with Crippen molar-refractivity contribution in [2.75, 3.05) is 11.9 Å². The average molecular weight is 338 g/mol. The van der Waals surface area contributed by atoms with Crippen LogP contribution in [0.1, 0.15) is 39.1 Å². The molecule has 1 heterocycles. The molecule has 0 unspecified atom stereocenters. The van der Waals surface area contributed by atoms with E-state index < -0.39 is 5.97 Å². The van der Waals surface area contributed by atoms with Gasteiger partial charge in [0.25, 0.3) is 5.91 Å². The van der Waals surface area contributed by atoms with Crippen LogP contribution in [-0.2, 0) is 11.3 Å². The molecule has 1 saturated heterocycles. The van der Waals surface area contributed by atoms with Gasteiger partial charge in [0, 0.05) is 30.8 Å². The number of nitrogens with zero attached hydrogens (tertiary/aromatic N) is 1. The molecule has 2 aromatic rings. The van der Waals surface area contributed by atoms with Gasteiger partial charge in [-0.3, -0.25) is 9.59 Å². The highest BCUT2D eigenvalue weighted by atomic mass is 16.4. The number of benzene rings is 2. The molecular formula is C19H18N2O4. The molecule has 0 atom stereocenters. The Bertz CT molecular complexity index is 797. The van der Waals surface area contributed by atoms with Crippen LogP contribution in [-0.4, -0.2) is 34.3 Å². The maximum atomic E-state index is 12.2. The third-order valence-corrected chi connectivity index (χ3v) is 4.15. The SMILES string of the molecule is O=C(O)c1ccc(NC(=O)c2ccc(CN3CCCC3=O)cc2)cc1. The van der Waals surface area contributed by atoms with E-state index in [1.165, 1.54) is 12.1 Å². The molecule has 0 aliphatic carbocycles. The minimum atomic E-state index is -1.01. The second-order valence-corrected chi connectivity index (χ2v) is 5.95. The Morgan fingerprint density at radius 1 is 1.00 bits per heavy atom. The maximum absolute atomic E-state index is 12.2. The number of likely N-dealkylation sites (tertiary alicyclic amines) is 1. The van der Waals surface area contributed by atoms with Crippen molar-refractivity contribution in [3.8, 4) is 0 Å². The number of carboxylic acids is 1. The van der Waals surface area contributed by atoms with Gasteiger partial charge < -0.3 is 15.3 Å². The van der Waals surface area contributed by atoms with E-state index in [0.717, 1.165) is 18.5 Å². The van der Waals surface area contributed by atoms with Crippen LogP contribution < -0.4 is 5.32 Å². The summed E-state index contributed by atoms with van der Waals surface area (Å²) in [5.41, 5.74) is 2.18. The van der Waals surface area contributed by atoms with E-state index in [1.54, 1.807) is 24.3 Å². The lowest BCUT2D eigenvalue weighted by molar-refractivity contribution is -0.128. The van der Waals surface area contributed by atoms with E-state index in [9.17, 15) is 14.4 Å². The Balaban J connectivity index is 1.62. The van der Waals surface area contributed by atoms with Gasteiger partial charge in [0.1, 0.15) is 0 Å². The molecule has 1 fully saturated rings. The van der Waals surface area contributed by atoms with Crippen molar-refractivity contribution < 1.29 is 19.5 Å². The molecule has 6 nitrogen and oxygen atoms in total. The second-order valence-electron chi connectivity index (χ2n) is 5.95. The molecule has 3 rings (SSSR count). The number of nitrogens with one attached hydrogen (secondary N) is 1. The summed E-state index contributed by atoms with van der Waals surface area (Å²) >= 11 is 0. The molecule has 128 valence electrons. The first-order valence-corrected chi connectivity index (χ1v) is 8.04. The molecule has 0 radical (unpaired) electrons. The lowest BCUT2D eigenvalue weighted by Gasteiger charge is -2.15. The third-order valence-electron chi connectivity index (χ3n) is 4.15. The maximum Gasteiger partial charge on any atom is 0.335 e. The predicted octanol–water partition coefficient (Wildman–Crippen LogP) is 2.76. The highest BCUT2D eigenvalue weighted by Crippen LogP contribution is 2.16. The van der Waals surface area contributed by atoms with Crippen LogP contribution in [0.15, 0.2) is 48.5 Å². The molecule has 2 aromatic carbocycles. The number of anilines is 1. The normalized spacial score (nSPS) is 13.8. The van der Waals surface area contributed by atoms with Gasteiger partial charge in [-0.25, -0.2) is 4.79 Å². The summed E-state index contributed by atoms with van der Waals surface area (Å²) in [6.45, 7) is 1.35. The van der Waals surface area contributed by atoms with Crippen LogP contribution in [0.2, 0.25) is 0 Å². The molecule has 2 amide bonds. The van der Waals surface area contributed by atoms with Crippen molar-refractivity contribution in [1.29, 1.82) is 0 Å². The van der Waals surface area contributed by atoms with Crippen molar-refractivity contribution in [2.24, 2.45) is 0 Å². The second kappa shape index (κ2) is 7.17. The zero-order valence-electron chi connectivity index (χ0n) is 13.6. The minimum absolute atomic E-state index is 0.166. The molecule has 0 aromatic heterocycles. The highest BCUT2D eigenvalue weighted by Gasteiger charge is 2.20. The standard InChI is InChI=1S/C19H18N2O4/c22-17-2-1-11-21(17)12-13-3-5-14(6-4-13)18(23)20-16-9-7-15(8-10-16)19(24)25/h3-10H,1-2,11-12H2,(H,20,23)(H,24,25). The number of carboxylic acid groups (broad SMARTS) is 1. The van der Waals surface area contributed by atoms with Crippen LogP contribution in [0.5, 0.6) is 0 Å². The fraction of sp³-hybridized carbons (Fsp3) is 0.211. The van der Waals surface area contributed by atoms with Gasteiger partial charge in [0.05, 0.1) is 5.56 Å². The van der Waals surface area contributed by atoms with E-state index in [-0.39, 0.29) is 17.4 Å². The number of hydrogen-bond acceptors (Lipinski definition) is 3. The summed E-state index contributed by atoms with van der Waals surface area (Å²) in [5, 5.41) is 11.6. The van der Waals surface area contributed by atoms with Gasteiger partial charge in [-0.1, -0.05) is 12.1 Å². The van der Waals surface area contributed by atoms with Gasteiger partial charge in [-0.05, 0) is 48.4 Å². The fourth-order valence-electron chi connectivity index (χ4n) is 2.75. The van der Waals surface area contributed by atoms with E-state index in [4.69, 9.17) is 5.11 Å². The third kappa shape index (κ3) is 4.03. The van der Waals surface area contributed by atoms with Gasteiger partial charge in [-0.2, -0.15) is 0 Å². The fourth-order valence-corrected chi connectivity index (χ4v) is 2.75. The molecule has 25 heavy (non-hydrogen) atoms. The first kappa shape index (κ1) is 16.7. The van der Waals surface area contributed by atoms with Crippen LogP contribution in [0.25, 0.3) is 0 Å². The smallest absolute Gasteiger partial charge is 0.335 e. The topological polar surface area (TPSA) is 86.7 Å². The largest absolute Gasteiger partial charge is 0.478 e. The minimum Gasteiger partial charge on any atom is -0.478 e. The summed E-state index contributed by atoms with van der Waals surface area (Å²) in [4.78, 5) is 36.5. The number of carbonyl (C=O) groups excluding carboxylic acids is 2. The Hall–Kier alpha value is -3.15. The number of amides is 2. The number of carbonyl (C=O) groups is 3. The quantitative estimate of drug-likeness (QED) is 0.877. The van der Waals surface area contributed by atoms with E-state index in [1.807, 2.05) is 17.0 Å². The summed E-state index contributed by atoms with van der Waals surface area (Å²) < 4.78 is 0. The monoisotopic (exact) mass is 338 g/mol. The van der Waals surface area contributed by atoms with Crippen molar-refractivity contribution in [3.05, 3.63) is 65.2 Å². The van der Waals surface area contributed by atoms with Gasteiger partial charge >= 0.3 is 5.97 Å². The predicted molar refractivity (Wildman–Crippen MR) is 92.4 cm³/mol. The van der Waals surface area contributed by atoms with E-state index in [2.05, 4.69) is 5.32 Å². The molecule has 0 bridgehead atoms. The van der Waals surface area contributed by atoms with Crippen LogP contribution in [0.4, 0.5) is 5.69 Å². The van der Waals surface area contributed by atoms with Crippen molar-refractivity contribution >= 4 is 23.5 Å². The zero-order valence-corrected chi connectivity index (χ0v) is 13.6.